The van der Waals surface area contributed by atoms with Crippen molar-refractivity contribution >= 4 is 0 Å². The van der Waals surface area contributed by atoms with E-state index in [9.17, 15) is 0 Å². The van der Waals surface area contributed by atoms with Crippen LogP contribution in [0, 0.1) is 5.92 Å². The number of ether oxygens (including phenoxy) is 2. The Hall–Kier alpha value is -2.11. The Morgan fingerprint density at radius 2 is 2.15 bits per heavy atom. The molecule has 1 aromatic carbocycles. The fourth-order valence-corrected chi connectivity index (χ4v) is 3.26. The lowest BCUT2D eigenvalue weighted by Crippen LogP contribution is -2.45. The van der Waals surface area contributed by atoms with Crippen LogP contribution in [0.5, 0.6) is 11.5 Å². The highest BCUT2D eigenvalue weighted by Crippen LogP contribution is 2.30. The predicted molar refractivity (Wildman–Crippen MR) is 104 cm³/mol. The lowest BCUT2D eigenvalue weighted by molar-refractivity contribution is 0.153. The first-order valence-corrected chi connectivity index (χ1v) is 9.31. The molecule has 2 aromatic rings. The summed E-state index contributed by atoms with van der Waals surface area (Å²) in [5.41, 5.74) is 2.49. The van der Waals surface area contributed by atoms with Crippen molar-refractivity contribution in [2.75, 3.05) is 33.4 Å². The van der Waals surface area contributed by atoms with E-state index in [1.165, 1.54) is 11.1 Å². The average molecular weight is 355 g/mol. The van der Waals surface area contributed by atoms with Gasteiger partial charge in [-0.05, 0) is 35.2 Å². The van der Waals surface area contributed by atoms with Gasteiger partial charge < -0.3 is 14.8 Å². The van der Waals surface area contributed by atoms with Gasteiger partial charge in [-0.25, -0.2) is 0 Å². The normalized spacial score (nSPS) is 18.1. The van der Waals surface area contributed by atoms with Gasteiger partial charge in [0, 0.05) is 44.6 Å². The molecule has 5 nitrogen and oxygen atoms in total. The van der Waals surface area contributed by atoms with Crippen molar-refractivity contribution in [1.29, 1.82) is 0 Å². The molecule has 1 atom stereocenters. The number of pyridine rings is 1. The van der Waals surface area contributed by atoms with Gasteiger partial charge in [0.2, 0.25) is 0 Å². The molecule has 1 saturated heterocycles. The molecule has 0 aliphatic carbocycles. The Morgan fingerprint density at radius 1 is 1.27 bits per heavy atom. The standard InChI is InChI=1S/C21H29N3O2/c1-16(2)15-26-21-11-17(6-7-20(21)25-3)14-24-10-9-23-13-19(24)18-5-4-8-22-12-18/h4-8,11-12,16,19,23H,9-10,13-15H2,1-3H3. The fraction of sp³-hybridized carbons (Fsp3) is 0.476. The summed E-state index contributed by atoms with van der Waals surface area (Å²) in [6.07, 6.45) is 3.79. The van der Waals surface area contributed by atoms with E-state index >= 15 is 0 Å². The minimum atomic E-state index is 0.333. The highest BCUT2D eigenvalue weighted by atomic mass is 16.5. The van der Waals surface area contributed by atoms with Crippen LogP contribution in [0.4, 0.5) is 0 Å². The Labute approximate surface area is 156 Å². The summed E-state index contributed by atoms with van der Waals surface area (Å²) in [4.78, 5) is 6.79. The highest BCUT2D eigenvalue weighted by Gasteiger charge is 2.24. The maximum Gasteiger partial charge on any atom is 0.161 e. The van der Waals surface area contributed by atoms with Crippen LogP contribution in [-0.2, 0) is 6.54 Å². The second-order valence-corrected chi connectivity index (χ2v) is 7.17. The van der Waals surface area contributed by atoms with Gasteiger partial charge in [0.15, 0.2) is 11.5 Å². The second-order valence-electron chi connectivity index (χ2n) is 7.17. The third-order valence-corrected chi connectivity index (χ3v) is 4.61. The molecule has 0 bridgehead atoms. The monoisotopic (exact) mass is 355 g/mol. The summed E-state index contributed by atoms with van der Waals surface area (Å²) in [7, 11) is 1.69. The summed E-state index contributed by atoms with van der Waals surface area (Å²) in [6, 6.07) is 10.7. The van der Waals surface area contributed by atoms with Crippen molar-refractivity contribution in [3.63, 3.8) is 0 Å². The predicted octanol–water partition coefficient (Wildman–Crippen LogP) is 3.27. The fourth-order valence-electron chi connectivity index (χ4n) is 3.26. The van der Waals surface area contributed by atoms with E-state index in [-0.39, 0.29) is 0 Å². The summed E-state index contributed by atoms with van der Waals surface area (Å²) in [5, 5.41) is 3.50. The average Bonchev–Trinajstić information content (AvgIpc) is 2.67. The quantitative estimate of drug-likeness (QED) is 0.826. The van der Waals surface area contributed by atoms with E-state index in [1.54, 1.807) is 7.11 Å². The molecule has 0 spiro atoms. The van der Waals surface area contributed by atoms with Crippen molar-refractivity contribution in [1.82, 2.24) is 15.2 Å². The maximum atomic E-state index is 5.96. The van der Waals surface area contributed by atoms with E-state index < -0.39 is 0 Å². The Morgan fingerprint density at radius 3 is 2.88 bits per heavy atom. The molecule has 5 heteroatoms. The van der Waals surface area contributed by atoms with Gasteiger partial charge in [0.1, 0.15) is 0 Å². The Balaban J connectivity index is 1.76. The first-order valence-electron chi connectivity index (χ1n) is 9.31. The Kier molecular flexibility index (Phi) is 6.47. The van der Waals surface area contributed by atoms with Gasteiger partial charge in [-0.2, -0.15) is 0 Å². The van der Waals surface area contributed by atoms with Crippen LogP contribution < -0.4 is 14.8 Å². The van der Waals surface area contributed by atoms with Crippen molar-refractivity contribution < 1.29 is 9.47 Å². The molecule has 1 N–H and O–H groups in total. The number of hydrogen-bond acceptors (Lipinski definition) is 5. The van der Waals surface area contributed by atoms with E-state index in [0.717, 1.165) is 37.7 Å². The van der Waals surface area contributed by atoms with Crippen LogP contribution in [0.15, 0.2) is 42.7 Å². The van der Waals surface area contributed by atoms with Crippen molar-refractivity contribution in [3.8, 4) is 11.5 Å². The molecule has 0 saturated carbocycles. The topological polar surface area (TPSA) is 46.6 Å². The van der Waals surface area contributed by atoms with E-state index in [2.05, 4.69) is 47.2 Å². The molecule has 1 fully saturated rings. The molecule has 140 valence electrons. The molecule has 1 aliphatic rings. The molecular formula is C21H29N3O2. The minimum absolute atomic E-state index is 0.333. The number of nitrogens with zero attached hydrogens (tertiary/aromatic N) is 2. The molecule has 1 unspecified atom stereocenters. The molecule has 2 heterocycles. The summed E-state index contributed by atoms with van der Waals surface area (Å²) < 4.78 is 11.4. The van der Waals surface area contributed by atoms with Crippen molar-refractivity contribution in [3.05, 3.63) is 53.9 Å². The lowest BCUT2D eigenvalue weighted by atomic mass is 10.0. The number of benzene rings is 1. The number of methoxy groups -OCH3 is 1. The summed E-state index contributed by atoms with van der Waals surface area (Å²) in [6.45, 7) is 8.82. The number of aromatic nitrogens is 1. The van der Waals surface area contributed by atoms with Gasteiger partial charge in [-0.3, -0.25) is 9.88 Å². The first kappa shape index (κ1) is 18.7. The number of nitrogens with one attached hydrogen (secondary N) is 1. The molecule has 0 radical (unpaired) electrons. The lowest BCUT2D eigenvalue weighted by Gasteiger charge is -2.36. The van der Waals surface area contributed by atoms with Crippen LogP contribution in [0.1, 0.15) is 31.0 Å². The van der Waals surface area contributed by atoms with Gasteiger partial charge >= 0.3 is 0 Å². The zero-order chi connectivity index (χ0) is 18.4. The van der Waals surface area contributed by atoms with Gasteiger partial charge in [-0.1, -0.05) is 26.0 Å². The molecular weight excluding hydrogens is 326 g/mol. The van der Waals surface area contributed by atoms with Crippen LogP contribution in [0.3, 0.4) is 0 Å². The number of hydrogen-bond donors (Lipinski definition) is 1. The highest BCUT2D eigenvalue weighted by molar-refractivity contribution is 5.43. The van der Waals surface area contributed by atoms with Crippen LogP contribution in [0.25, 0.3) is 0 Å². The second kappa shape index (κ2) is 9.01. The van der Waals surface area contributed by atoms with Gasteiger partial charge in [-0.15, -0.1) is 0 Å². The maximum absolute atomic E-state index is 5.96. The van der Waals surface area contributed by atoms with Crippen molar-refractivity contribution in [2.45, 2.75) is 26.4 Å². The largest absolute Gasteiger partial charge is 0.493 e. The minimum Gasteiger partial charge on any atom is -0.493 e. The Bertz CT molecular complexity index is 691. The van der Waals surface area contributed by atoms with Crippen LogP contribution in [-0.4, -0.2) is 43.2 Å². The zero-order valence-electron chi connectivity index (χ0n) is 15.9. The third kappa shape index (κ3) is 4.74. The number of piperazine rings is 1. The molecule has 0 amide bonds. The summed E-state index contributed by atoms with van der Waals surface area (Å²) in [5.74, 6) is 2.09. The van der Waals surface area contributed by atoms with Crippen LogP contribution in [0.2, 0.25) is 0 Å². The summed E-state index contributed by atoms with van der Waals surface area (Å²) >= 11 is 0. The zero-order valence-corrected chi connectivity index (χ0v) is 15.9. The molecule has 1 aromatic heterocycles. The first-order chi connectivity index (χ1) is 12.7. The van der Waals surface area contributed by atoms with Gasteiger partial charge in [0.05, 0.1) is 13.7 Å². The van der Waals surface area contributed by atoms with Crippen LogP contribution >= 0.6 is 0 Å². The van der Waals surface area contributed by atoms with E-state index in [0.29, 0.717) is 18.6 Å². The molecule has 1 aliphatic heterocycles. The third-order valence-electron chi connectivity index (χ3n) is 4.61. The van der Waals surface area contributed by atoms with Gasteiger partial charge in [0.25, 0.3) is 0 Å². The number of rotatable bonds is 7. The van der Waals surface area contributed by atoms with Crippen molar-refractivity contribution in [2.24, 2.45) is 5.92 Å². The molecule has 26 heavy (non-hydrogen) atoms. The SMILES string of the molecule is COc1ccc(CN2CCNCC2c2cccnc2)cc1OCC(C)C. The van der Waals surface area contributed by atoms with E-state index in [1.807, 2.05) is 24.5 Å². The molecule has 3 rings (SSSR count). The van der Waals surface area contributed by atoms with E-state index in [4.69, 9.17) is 9.47 Å². The smallest absolute Gasteiger partial charge is 0.161 e.